The molecule has 0 saturated heterocycles. The number of rotatable bonds is 2. The number of carbonyl (C=O) groups is 2. The number of hydrogen-bond acceptors (Lipinski definition) is 3. The average molecular weight is 371 g/mol. The van der Waals surface area contributed by atoms with Crippen molar-refractivity contribution in [1.82, 2.24) is 4.98 Å². The fourth-order valence-electron chi connectivity index (χ4n) is 0.663. The summed E-state index contributed by atoms with van der Waals surface area (Å²) in [6.45, 7) is 2.81. The van der Waals surface area contributed by atoms with Gasteiger partial charge in [-0.1, -0.05) is 6.07 Å². The van der Waals surface area contributed by atoms with Gasteiger partial charge in [0, 0.05) is 32.5 Å². The molecule has 1 aromatic rings. The monoisotopic (exact) mass is 372 g/mol. The van der Waals surface area contributed by atoms with E-state index in [1.165, 1.54) is 13.8 Å². The summed E-state index contributed by atoms with van der Waals surface area (Å²) in [5.74, 6) is -0.125. The third kappa shape index (κ3) is 13.7. The summed E-state index contributed by atoms with van der Waals surface area (Å²) in [4.78, 5) is 23.9. The van der Waals surface area contributed by atoms with Gasteiger partial charge in [-0.15, -0.1) is 0 Å². The SMILES string of the molecule is CC(=O)CC(C)=O.[Ir].c1ccncc1. The molecule has 1 rings (SSSR count). The van der Waals surface area contributed by atoms with Gasteiger partial charge >= 0.3 is 0 Å². The molecule has 1 radical (unpaired) electrons. The van der Waals surface area contributed by atoms with Crippen LogP contribution in [0.3, 0.4) is 0 Å². The van der Waals surface area contributed by atoms with Crippen molar-refractivity contribution in [2.24, 2.45) is 0 Å². The first-order valence-corrected chi connectivity index (χ1v) is 3.97. The van der Waals surface area contributed by atoms with E-state index in [0.717, 1.165) is 0 Å². The minimum atomic E-state index is -0.0625. The summed E-state index contributed by atoms with van der Waals surface area (Å²) in [5.41, 5.74) is 0. The van der Waals surface area contributed by atoms with Gasteiger partial charge in [0.1, 0.15) is 11.6 Å². The fraction of sp³-hybridized carbons (Fsp3) is 0.300. The summed E-state index contributed by atoms with van der Waals surface area (Å²) in [7, 11) is 0. The largest absolute Gasteiger partial charge is 0.300 e. The van der Waals surface area contributed by atoms with Crippen molar-refractivity contribution in [3.05, 3.63) is 30.6 Å². The number of hydrogen-bond donors (Lipinski definition) is 0. The van der Waals surface area contributed by atoms with E-state index < -0.39 is 0 Å². The molecule has 79 valence electrons. The predicted octanol–water partition coefficient (Wildman–Crippen LogP) is 1.63. The van der Waals surface area contributed by atoms with Crippen molar-refractivity contribution in [2.45, 2.75) is 20.3 Å². The number of aromatic nitrogens is 1. The number of Topliss-reactive ketones (excluding diaryl/α,β-unsaturated/α-hetero) is 2. The van der Waals surface area contributed by atoms with Gasteiger partial charge in [0.15, 0.2) is 0 Å². The topological polar surface area (TPSA) is 47.0 Å². The van der Waals surface area contributed by atoms with Crippen LogP contribution in [0.5, 0.6) is 0 Å². The molecule has 0 aliphatic carbocycles. The Hall–Kier alpha value is -0.861. The Morgan fingerprint density at radius 2 is 1.43 bits per heavy atom. The van der Waals surface area contributed by atoms with Gasteiger partial charge in [-0.2, -0.15) is 0 Å². The van der Waals surface area contributed by atoms with Gasteiger partial charge in [0.05, 0.1) is 6.42 Å². The Bertz CT molecular complexity index is 223. The molecule has 0 aliphatic heterocycles. The average Bonchev–Trinajstić information content (AvgIpc) is 2.06. The van der Waals surface area contributed by atoms with E-state index in [4.69, 9.17) is 0 Å². The molecule has 0 fully saturated rings. The maximum absolute atomic E-state index is 10.0. The van der Waals surface area contributed by atoms with Crippen LogP contribution >= 0.6 is 0 Å². The van der Waals surface area contributed by atoms with Gasteiger partial charge in [-0.3, -0.25) is 14.6 Å². The zero-order chi connectivity index (χ0) is 10.1. The van der Waals surface area contributed by atoms with Gasteiger partial charge < -0.3 is 0 Å². The third-order valence-electron chi connectivity index (χ3n) is 1.06. The maximum Gasteiger partial charge on any atom is 0.137 e. The number of carbonyl (C=O) groups excluding carboxylic acids is 2. The summed E-state index contributed by atoms with van der Waals surface area (Å²) >= 11 is 0. The molecule has 1 aromatic heterocycles. The minimum absolute atomic E-state index is 0. The molecule has 0 unspecified atom stereocenters. The standard InChI is InChI=1S/C5H5N.C5H8O2.Ir/c1-2-4-6-5-3-1;1-4(6)3-5(2)7;/h1-5H;3H2,1-2H3;. The van der Waals surface area contributed by atoms with Gasteiger partial charge in [0.2, 0.25) is 0 Å². The molecule has 4 heteroatoms. The normalized spacial score (nSPS) is 7.57. The van der Waals surface area contributed by atoms with E-state index in [-0.39, 0.29) is 38.1 Å². The van der Waals surface area contributed by atoms with E-state index in [0.29, 0.717) is 0 Å². The number of pyridine rings is 1. The summed E-state index contributed by atoms with van der Waals surface area (Å²) in [6, 6.07) is 5.72. The zero-order valence-electron chi connectivity index (χ0n) is 8.19. The Morgan fingerprint density at radius 3 is 1.50 bits per heavy atom. The summed E-state index contributed by atoms with van der Waals surface area (Å²) in [5, 5.41) is 0. The predicted molar refractivity (Wildman–Crippen MR) is 50.2 cm³/mol. The van der Waals surface area contributed by atoms with E-state index in [1.54, 1.807) is 12.4 Å². The first-order valence-electron chi connectivity index (χ1n) is 3.97. The van der Waals surface area contributed by atoms with Crippen LogP contribution in [0, 0.1) is 0 Å². The first-order chi connectivity index (χ1) is 6.13. The molecular weight excluding hydrogens is 358 g/mol. The second-order valence-electron chi connectivity index (χ2n) is 2.61. The molecule has 0 amide bonds. The van der Waals surface area contributed by atoms with Crippen molar-refractivity contribution < 1.29 is 29.7 Å². The molecular formula is C10H13IrNO2. The molecule has 0 aliphatic rings. The number of nitrogens with zero attached hydrogens (tertiary/aromatic N) is 1. The Kier molecular flexibility index (Phi) is 11.4. The van der Waals surface area contributed by atoms with Crippen molar-refractivity contribution >= 4 is 11.6 Å². The molecule has 14 heavy (non-hydrogen) atoms. The molecule has 1 heterocycles. The Balaban J connectivity index is 0. The van der Waals surface area contributed by atoms with E-state index in [1.807, 2.05) is 18.2 Å². The molecule has 0 aromatic carbocycles. The van der Waals surface area contributed by atoms with E-state index >= 15 is 0 Å². The van der Waals surface area contributed by atoms with Crippen LogP contribution in [0.15, 0.2) is 30.6 Å². The van der Waals surface area contributed by atoms with Crippen LogP contribution in [-0.2, 0) is 29.7 Å². The molecule has 0 spiro atoms. The van der Waals surface area contributed by atoms with Crippen LogP contribution < -0.4 is 0 Å². The zero-order valence-corrected chi connectivity index (χ0v) is 10.6. The quantitative estimate of drug-likeness (QED) is 0.743. The Labute approximate surface area is 97.3 Å². The van der Waals surface area contributed by atoms with Gasteiger partial charge in [-0.25, -0.2) is 0 Å². The van der Waals surface area contributed by atoms with Crippen LogP contribution in [0.25, 0.3) is 0 Å². The van der Waals surface area contributed by atoms with Crippen LogP contribution in [0.2, 0.25) is 0 Å². The molecule has 0 saturated carbocycles. The maximum atomic E-state index is 10.0. The molecule has 0 N–H and O–H groups in total. The molecule has 0 atom stereocenters. The smallest absolute Gasteiger partial charge is 0.137 e. The Morgan fingerprint density at radius 1 is 1.00 bits per heavy atom. The second-order valence-corrected chi connectivity index (χ2v) is 2.61. The fourth-order valence-corrected chi connectivity index (χ4v) is 0.663. The number of ketones is 2. The van der Waals surface area contributed by atoms with Crippen molar-refractivity contribution in [1.29, 1.82) is 0 Å². The van der Waals surface area contributed by atoms with Crippen LogP contribution in [-0.4, -0.2) is 16.6 Å². The van der Waals surface area contributed by atoms with Crippen molar-refractivity contribution in [3.8, 4) is 0 Å². The summed E-state index contributed by atoms with van der Waals surface area (Å²) in [6.07, 6.45) is 3.58. The minimum Gasteiger partial charge on any atom is -0.300 e. The van der Waals surface area contributed by atoms with Gasteiger partial charge in [0.25, 0.3) is 0 Å². The second kappa shape index (κ2) is 10.2. The van der Waals surface area contributed by atoms with Crippen LogP contribution in [0.4, 0.5) is 0 Å². The van der Waals surface area contributed by atoms with Crippen molar-refractivity contribution in [2.75, 3.05) is 0 Å². The van der Waals surface area contributed by atoms with E-state index in [2.05, 4.69) is 4.98 Å². The first kappa shape index (κ1) is 15.6. The van der Waals surface area contributed by atoms with Gasteiger partial charge in [-0.05, 0) is 26.0 Å². The van der Waals surface area contributed by atoms with Crippen LogP contribution in [0.1, 0.15) is 20.3 Å². The third-order valence-corrected chi connectivity index (χ3v) is 1.06. The molecule has 3 nitrogen and oxygen atoms in total. The summed E-state index contributed by atoms with van der Waals surface area (Å²) < 4.78 is 0. The van der Waals surface area contributed by atoms with Crippen molar-refractivity contribution in [3.63, 3.8) is 0 Å². The molecule has 0 bridgehead atoms. The van der Waals surface area contributed by atoms with E-state index in [9.17, 15) is 9.59 Å².